The van der Waals surface area contributed by atoms with Crippen LogP contribution >= 0.6 is 0 Å². The first-order valence-electron chi connectivity index (χ1n) is 6.97. The minimum atomic E-state index is 0.553. The molecule has 0 saturated heterocycles. The first kappa shape index (κ1) is 15.0. The Morgan fingerprint density at radius 3 is 2.44 bits per heavy atom. The normalized spacial score (nSPS) is 11.3. The molecular weight excluding hydrogens is 222 g/mol. The molecule has 0 unspecified atom stereocenters. The molecule has 0 aliphatic carbocycles. The highest BCUT2D eigenvalue weighted by atomic mass is 16.5. The molecule has 1 N–H and O–H groups in total. The molecule has 1 aromatic carbocycles. The summed E-state index contributed by atoms with van der Waals surface area (Å²) in [5.41, 5.74) is 2.73. The molecule has 0 spiro atoms. The van der Waals surface area contributed by atoms with Crippen LogP contribution in [-0.4, -0.2) is 19.2 Å². The lowest BCUT2D eigenvalue weighted by Crippen LogP contribution is -2.24. The molecule has 18 heavy (non-hydrogen) atoms. The number of aryl methyl sites for hydroxylation is 1. The van der Waals surface area contributed by atoms with Gasteiger partial charge in [-0.15, -0.1) is 0 Å². The van der Waals surface area contributed by atoms with Crippen molar-refractivity contribution in [1.29, 1.82) is 0 Å². The summed E-state index contributed by atoms with van der Waals surface area (Å²) in [4.78, 5) is 0. The van der Waals surface area contributed by atoms with Crippen molar-refractivity contribution in [3.8, 4) is 5.75 Å². The summed E-state index contributed by atoms with van der Waals surface area (Å²) in [5, 5.41) is 3.39. The van der Waals surface area contributed by atoms with E-state index in [9.17, 15) is 0 Å². The summed E-state index contributed by atoms with van der Waals surface area (Å²) in [6, 6.07) is 6.96. The maximum atomic E-state index is 5.76. The number of rotatable bonds is 7. The smallest absolute Gasteiger partial charge is 0.119 e. The molecule has 102 valence electrons. The van der Waals surface area contributed by atoms with E-state index in [1.165, 1.54) is 11.1 Å². The van der Waals surface area contributed by atoms with Crippen LogP contribution in [0.2, 0.25) is 0 Å². The fourth-order valence-corrected chi connectivity index (χ4v) is 2.04. The van der Waals surface area contributed by atoms with Crippen LogP contribution in [0.3, 0.4) is 0 Å². The third-order valence-corrected chi connectivity index (χ3v) is 3.01. The molecule has 0 aromatic heterocycles. The highest BCUT2D eigenvalue weighted by molar-refractivity contribution is 5.36. The molecule has 1 rings (SSSR count). The molecule has 0 heterocycles. The van der Waals surface area contributed by atoms with Gasteiger partial charge >= 0.3 is 0 Å². The summed E-state index contributed by atoms with van der Waals surface area (Å²) >= 11 is 0. The fraction of sp³-hybridized carbons (Fsp3) is 0.625. The Hall–Kier alpha value is -1.02. The molecule has 1 aromatic rings. The lowest BCUT2D eigenvalue weighted by atomic mass is 9.98. The van der Waals surface area contributed by atoms with Crippen molar-refractivity contribution in [3.05, 3.63) is 29.3 Å². The van der Waals surface area contributed by atoms with E-state index in [0.29, 0.717) is 12.0 Å². The van der Waals surface area contributed by atoms with Crippen molar-refractivity contribution < 1.29 is 4.74 Å². The first-order chi connectivity index (χ1) is 8.50. The van der Waals surface area contributed by atoms with Gasteiger partial charge in [0, 0.05) is 6.04 Å². The van der Waals surface area contributed by atoms with E-state index in [0.717, 1.165) is 25.3 Å². The molecule has 0 amide bonds. The fourth-order valence-electron chi connectivity index (χ4n) is 2.04. The standard InChI is InChI=1S/C16H27NO/c1-12(2)16-8-7-15(11-14(16)5)18-10-6-9-17-13(3)4/h7-8,11-13,17H,6,9-10H2,1-5H3. The molecule has 0 fully saturated rings. The van der Waals surface area contributed by atoms with Crippen LogP contribution in [0.1, 0.15) is 51.2 Å². The molecule has 0 aliphatic rings. The molecule has 0 aliphatic heterocycles. The van der Waals surface area contributed by atoms with Crippen molar-refractivity contribution >= 4 is 0 Å². The monoisotopic (exact) mass is 249 g/mol. The zero-order valence-corrected chi connectivity index (χ0v) is 12.4. The van der Waals surface area contributed by atoms with Gasteiger partial charge in [0.15, 0.2) is 0 Å². The highest BCUT2D eigenvalue weighted by Crippen LogP contribution is 2.23. The third kappa shape index (κ3) is 5.09. The minimum absolute atomic E-state index is 0.553. The average Bonchev–Trinajstić information content (AvgIpc) is 2.27. The van der Waals surface area contributed by atoms with Crippen LogP contribution in [0, 0.1) is 6.92 Å². The van der Waals surface area contributed by atoms with Gasteiger partial charge in [-0.1, -0.05) is 33.8 Å². The molecule has 0 radical (unpaired) electrons. The first-order valence-corrected chi connectivity index (χ1v) is 6.97. The van der Waals surface area contributed by atoms with Gasteiger partial charge < -0.3 is 10.1 Å². The van der Waals surface area contributed by atoms with Crippen molar-refractivity contribution in [2.75, 3.05) is 13.2 Å². The van der Waals surface area contributed by atoms with Gasteiger partial charge in [0.25, 0.3) is 0 Å². The zero-order chi connectivity index (χ0) is 13.5. The molecule has 0 bridgehead atoms. The number of hydrogen-bond donors (Lipinski definition) is 1. The topological polar surface area (TPSA) is 21.3 Å². The molecule has 2 nitrogen and oxygen atoms in total. The molecular formula is C16H27NO. The zero-order valence-electron chi connectivity index (χ0n) is 12.4. The number of hydrogen-bond acceptors (Lipinski definition) is 2. The van der Waals surface area contributed by atoms with Crippen molar-refractivity contribution in [2.24, 2.45) is 0 Å². The highest BCUT2D eigenvalue weighted by Gasteiger charge is 2.04. The number of nitrogens with one attached hydrogen (secondary N) is 1. The van der Waals surface area contributed by atoms with Crippen LogP contribution in [-0.2, 0) is 0 Å². The van der Waals surface area contributed by atoms with E-state index in [2.05, 4.69) is 58.1 Å². The Balaban J connectivity index is 2.37. The predicted molar refractivity (Wildman–Crippen MR) is 78.5 cm³/mol. The molecule has 0 atom stereocenters. The summed E-state index contributed by atoms with van der Waals surface area (Å²) < 4.78 is 5.76. The Labute approximate surface area is 112 Å². The van der Waals surface area contributed by atoms with Crippen LogP contribution in [0.4, 0.5) is 0 Å². The largest absolute Gasteiger partial charge is 0.494 e. The summed E-state index contributed by atoms with van der Waals surface area (Å²) in [6.45, 7) is 12.7. The summed E-state index contributed by atoms with van der Waals surface area (Å²) in [6.07, 6.45) is 1.04. The van der Waals surface area contributed by atoms with E-state index in [4.69, 9.17) is 4.74 Å². The maximum absolute atomic E-state index is 5.76. The molecule has 2 heteroatoms. The SMILES string of the molecule is Cc1cc(OCCCNC(C)C)ccc1C(C)C. The predicted octanol–water partition coefficient (Wildman–Crippen LogP) is 3.89. The quantitative estimate of drug-likeness (QED) is 0.740. The van der Waals surface area contributed by atoms with Gasteiger partial charge in [0.1, 0.15) is 5.75 Å². The van der Waals surface area contributed by atoms with E-state index < -0.39 is 0 Å². The van der Waals surface area contributed by atoms with Crippen molar-refractivity contribution in [1.82, 2.24) is 5.32 Å². The summed E-state index contributed by atoms with van der Waals surface area (Å²) in [7, 11) is 0. The average molecular weight is 249 g/mol. The van der Waals surface area contributed by atoms with Crippen molar-refractivity contribution in [3.63, 3.8) is 0 Å². The maximum Gasteiger partial charge on any atom is 0.119 e. The van der Waals surface area contributed by atoms with E-state index >= 15 is 0 Å². The van der Waals surface area contributed by atoms with Crippen LogP contribution in [0.25, 0.3) is 0 Å². The lowest BCUT2D eigenvalue weighted by Gasteiger charge is -2.13. The number of ether oxygens (including phenoxy) is 1. The van der Waals surface area contributed by atoms with Gasteiger partial charge in [-0.05, 0) is 49.1 Å². The van der Waals surface area contributed by atoms with Crippen molar-refractivity contribution in [2.45, 2.75) is 53.0 Å². The van der Waals surface area contributed by atoms with Crippen LogP contribution < -0.4 is 10.1 Å². The van der Waals surface area contributed by atoms with Crippen LogP contribution in [0.15, 0.2) is 18.2 Å². The van der Waals surface area contributed by atoms with E-state index in [1.54, 1.807) is 0 Å². The minimum Gasteiger partial charge on any atom is -0.494 e. The Morgan fingerprint density at radius 1 is 1.17 bits per heavy atom. The van der Waals surface area contributed by atoms with Crippen LogP contribution in [0.5, 0.6) is 5.75 Å². The molecule has 0 saturated carbocycles. The third-order valence-electron chi connectivity index (χ3n) is 3.01. The van der Waals surface area contributed by atoms with Gasteiger partial charge in [-0.2, -0.15) is 0 Å². The van der Waals surface area contributed by atoms with Gasteiger partial charge in [0.2, 0.25) is 0 Å². The lowest BCUT2D eigenvalue weighted by molar-refractivity contribution is 0.306. The van der Waals surface area contributed by atoms with E-state index in [1.807, 2.05) is 0 Å². The van der Waals surface area contributed by atoms with Gasteiger partial charge in [0.05, 0.1) is 6.61 Å². The van der Waals surface area contributed by atoms with E-state index in [-0.39, 0.29) is 0 Å². The Morgan fingerprint density at radius 2 is 1.89 bits per heavy atom. The van der Waals surface area contributed by atoms with Gasteiger partial charge in [-0.3, -0.25) is 0 Å². The van der Waals surface area contributed by atoms with Gasteiger partial charge in [-0.25, -0.2) is 0 Å². The summed E-state index contributed by atoms with van der Waals surface area (Å²) in [5.74, 6) is 1.57. The number of benzene rings is 1. The Bertz CT molecular complexity index is 358. The second-order valence-corrected chi connectivity index (χ2v) is 5.48. The second-order valence-electron chi connectivity index (χ2n) is 5.48. The second kappa shape index (κ2) is 7.42. The Kier molecular flexibility index (Phi) is 6.20.